The van der Waals surface area contributed by atoms with E-state index in [0.717, 1.165) is 26.2 Å². The van der Waals surface area contributed by atoms with Crippen molar-refractivity contribution in [1.82, 2.24) is 4.90 Å². The van der Waals surface area contributed by atoms with Gasteiger partial charge in [0.15, 0.2) is 0 Å². The highest BCUT2D eigenvalue weighted by Crippen LogP contribution is 2.48. The van der Waals surface area contributed by atoms with Crippen molar-refractivity contribution in [3.63, 3.8) is 0 Å². The summed E-state index contributed by atoms with van der Waals surface area (Å²) in [7, 11) is 0. The Hall–Kier alpha value is -1.45. The van der Waals surface area contributed by atoms with Crippen molar-refractivity contribution in [3.05, 3.63) is 48.0 Å². The van der Waals surface area contributed by atoms with Crippen LogP contribution in [-0.4, -0.2) is 31.1 Å². The number of nitrogens with zero attached hydrogens (tertiary/aromatic N) is 2. The lowest BCUT2D eigenvalue weighted by Gasteiger charge is -2.34. The van der Waals surface area contributed by atoms with E-state index < -0.39 is 0 Å². The minimum absolute atomic E-state index is 1.04. The average molecular weight is 312 g/mol. The first-order valence-corrected chi connectivity index (χ1v) is 8.92. The van der Waals surface area contributed by atoms with Crippen LogP contribution in [0.3, 0.4) is 0 Å². The fourth-order valence-corrected chi connectivity index (χ4v) is 4.16. The van der Waals surface area contributed by atoms with E-state index in [9.17, 15) is 0 Å². The highest BCUT2D eigenvalue weighted by molar-refractivity contribution is 7.99. The van der Waals surface area contributed by atoms with E-state index in [1.165, 1.54) is 26.7 Å². The largest absolute Gasteiger partial charge is 0.338 e. The number of rotatable bonds is 5. The van der Waals surface area contributed by atoms with E-state index in [4.69, 9.17) is 0 Å². The molecule has 22 heavy (non-hydrogen) atoms. The van der Waals surface area contributed by atoms with Crippen LogP contribution in [0, 0.1) is 6.92 Å². The molecule has 0 saturated heterocycles. The molecule has 116 valence electrons. The maximum absolute atomic E-state index is 2.49. The predicted molar refractivity (Wildman–Crippen MR) is 96.5 cm³/mol. The molecule has 1 aliphatic heterocycles. The van der Waals surface area contributed by atoms with Gasteiger partial charge in [-0.3, -0.25) is 0 Å². The highest BCUT2D eigenvalue weighted by atomic mass is 32.2. The van der Waals surface area contributed by atoms with Crippen molar-refractivity contribution in [1.29, 1.82) is 0 Å². The molecule has 0 fully saturated rings. The van der Waals surface area contributed by atoms with Gasteiger partial charge in [0.25, 0.3) is 0 Å². The maximum Gasteiger partial charge on any atom is 0.0553 e. The van der Waals surface area contributed by atoms with Crippen molar-refractivity contribution >= 4 is 23.1 Å². The molecule has 0 saturated carbocycles. The van der Waals surface area contributed by atoms with Gasteiger partial charge in [0.2, 0.25) is 0 Å². The highest BCUT2D eigenvalue weighted by Gasteiger charge is 2.23. The first-order valence-electron chi connectivity index (χ1n) is 8.10. The third-order valence-electron chi connectivity index (χ3n) is 4.32. The molecule has 0 aliphatic carbocycles. The molecule has 3 heteroatoms. The second kappa shape index (κ2) is 6.76. The molecule has 0 aromatic heterocycles. The van der Waals surface area contributed by atoms with Crippen molar-refractivity contribution < 1.29 is 0 Å². The summed E-state index contributed by atoms with van der Waals surface area (Å²) >= 11 is 1.89. The minimum Gasteiger partial charge on any atom is -0.338 e. The van der Waals surface area contributed by atoms with E-state index in [-0.39, 0.29) is 0 Å². The van der Waals surface area contributed by atoms with Gasteiger partial charge < -0.3 is 9.80 Å². The van der Waals surface area contributed by atoms with E-state index in [1.807, 2.05) is 11.8 Å². The van der Waals surface area contributed by atoms with Crippen molar-refractivity contribution in [2.24, 2.45) is 0 Å². The van der Waals surface area contributed by atoms with Gasteiger partial charge in [0.1, 0.15) is 0 Å². The van der Waals surface area contributed by atoms with E-state index in [1.54, 1.807) is 0 Å². The van der Waals surface area contributed by atoms with Crippen molar-refractivity contribution in [2.75, 3.05) is 31.1 Å². The third kappa shape index (κ3) is 3.01. The Morgan fingerprint density at radius 1 is 0.955 bits per heavy atom. The monoisotopic (exact) mass is 312 g/mol. The summed E-state index contributed by atoms with van der Waals surface area (Å²) in [6.07, 6.45) is 0. The zero-order valence-corrected chi connectivity index (χ0v) is 14.5. The Balaban J connectivity index is 1.94. The zero-order chi connectivity index (χ0) is 15.5. The molecule has 0 spiro atoms. The molecule has 0 N–H and O–H groups in total. The molecule has 0 atom stereocenters. The maximum atomic E-state index is 2.49. The van der Waals surface area contributed by atoms with E-state index >= 15 is 0 Å². The summed E-state index contributed by atoms with van der Waals surface area (Å²) in [5.74, 6) is 0. The molecule has 0 amide bonds. The van der Waals surface area contributed by atoms with Gasteiger partial charge in [0, 0.05) is 22.9 Å². The van der Waals surface area contributed by atoms with Crippen LogP contribution in [0.1, 0.15) is 19.4 Å². The SMILES string of the molecule is CCN(CC)CCN1c2ccccc2Sc2cc(C)ccc21. The molecule has 2 aromatic rings. The third-order valence-corrected chi connectivity index (χ3v) is 5.43. The summed E-state index contributed by atoms with van der Waals surface area (Å²) in [4.78, 5) is 7.70. The first-order chi connectivity index (χ1) is 10.7. The van der Waals surface area contributed by atoms with Gasteiger partial charge in [-0.25, -0.2) is 0 Å². The van der Waals surface area contributed by atoms with Crippen LogP contribution in [0.15, 0.2) is 52.3 Å². The second-order valence-corrected chi connectivity index (χ2v) is 6.80. The fraction of sp³-hybridized carbons (Fsp3) is 0.368. The molecule has 0 unspecified atom stereocenters. The predicted octanol–water partition coefficient (Wildman–Crippen LogP) is 4.94. The lowest BCUT2D eigenvalue weighted by Crippen LogP contribution is -2.33. The number of para-hydroxylation sites is 1. The number of anilines is 2. The standard InChI is InChI=1S/C19H24N2S/c1-4-20(5-2)12-13-21-16-8-6-7-9-18(16)22-19-14-15(3)10-11-17(19)21/h6-11,14H,4-5,12-13H2,1-3H3. The minimum atomic E-state index is 1.04. The van der Waals surface area contributed by atoms with Crippen LogP contribution in [0.25, 0.3) is 0 Å². The van der Waals surface area contributed by atoms with Gasteiger partial charge in [-0.15, -0.1) is 0 Å². The zero-order valence-electron chi connectivity index (χ0n) is 13.7. The first kappa shape index (κ1) is 15.4. The van der Waals surface area contributed by atoms with Crippen molar-refractivity contribution in [3.8, 4) is 0 Å². The van der Waals surface area contributed by atoms with Gasteiger partial charge in [-0.1, -0.05) is 43.8 Å². The van der Waals surface area contributed by atoms with Crippen LogP contribution in [0.2, 0.25) is 0 Å². The van der Waals surface area contributed by atoms with Crippen molar-refractivity contribution in [2.45, 2.75) is 30.6 Å². The molecule has 3 rings (SSSR count). The summed E-state index contributed by atoms with van der Waals surface area (Å²) in [5.41, 5.74) is 4.02. The number of aryl methyl sites for hydroxylation is 1. The number of likely N-dealkylation sites (N-methyl/N-ethyl adjacent to an activating group) is 1. The molecule has 0 radical (unpaired) electrons. The summed E-state index contributed by atoms with van der Waals surface area (Å²) in [6, 6.07) is 15.6. The van der Waals surface area contributed by atoms with Crippen LogP contribution in [0.4, 0.5) is 11.4 Å². The van der Waals surface area contributed by atoms with Crippen LogP contribution in [0.5, 0.6) is 0 Å². The molecule has 2 nitrogen and oxygen atoms in total. The van der Waals surface area contributed by atoms with E-state index in [2.05, 4.69) is 73.0 Å². The number of fused-ring (bicyclic) bond motifs is 2. The molecule has 1 heterocycles. The van der Waals surface area contributed by atoms with Gasteiger partial charge in [0.05, 0.1) is 11.4 Å². The normalized spacial score (nSPS) is 13.2. The number of hydrogen-bond acceptors (Lipinski definition) is 3. The lowest BCUT2D eigenvalue weighted by molar-refractivity contribution is 0.312. The molecule has 0 bridgehead atoms. The Kier molecular flexibility index (Phi) is 4.74. The lowest BCUT2D eigenvalue weighted by atomic mass is 10.1. The van der Waals surface area contributed by atoms with Crippen LogP contribution >= 0.6 is 11.8 Å². The average Bonchev–Trinajstić information content (AvgIpc) is 2.54. The molecule has 2 aromatic carbocycles. The van der Waals surface area contributed by atoms with Crippen LogP contribution < -0.4 is 4.90 Å². The molecular formula is C19H24N2S. The number of hydrogen-bond donors (Lipinski definition) is 0. The fourth-order valence-electron chi connectivity index (χ4n) is 2.96. The summed E-state index contributed by atoms with van der Waals surface area (Å²) < 4.78 is 0. The Morgan fingerprint density at radius 2 is 1.68 bits per heavy atom. The summed E-state index contributed by atoms with van der Waals surface area (Å²) in [6.45, 7) is 11.0. The topological polar surface area (TPSA) is 6.48 Å². The molecule has 1 aliphatic rings. The van der Waals surface area contributed by atoms with Crippen LogP contribution in [-0.2, 0) is 0 Å². The Morgan fingerprint density at radius 3 is 2.45 bits per heavy atom. The smallest absolute Gasteiger partial charge is 0.0553 e. The van der Waals surface area contributed by atoms with Gasteiger partial charge >= 0.3 is 0 Å². The quantitative estimate of drug-likeness (QED) is 0.772. The van der Waals surface area contributed by atoms with Gasteiger partial charge in [-0.05, 0) is 49.8 Å². The summed E-state index contributed by atoms with van der Waals surface area (Å²) in [5, 5.41) is 0. The Labute approximate surface area is 138 Å². The van der Waals surface area contributed by atoms with Gasteiger partial charge in [-0.2, -0.15) is 0 Å². The molecular weight excluding hydrogens is 288 g/mol. The number of benzene rings is 2. The van der Waals surface area contributed by atoms with E-state index in [0.29, 0.717) is 0 Å². The Bertz CT molecular complexity index is 650. The second-order valence-electron chi connectivity index (χ2n) is 5.72.